The second kappa shape index (κ2) is 6.25. The summed E-state index contributed by atoms with van der Waals surface area (Å²) in [5.74, 6) is -1.78. The van der Waals surface area contributed by atoms with E-state index in [4.69, 9.17) is 15.1 Å². The van der Waals surface area contributed by atoms with E-state index in [1.807, 2.05) is 0 Å². The van der Waals surface area contributed by atoms with Gasteiger partial charge in [0.2, 0.25) is 0 Å². The molecule has 6 nitrogen and oxygen atoms in total. The van der Waals surface area contributed by atoms with Crippen LogP contribution in [0.4, 0.5) is 4.39 Å². The van der Waals surface area contributed by atoms with Crippen LogP contribution < -0.4 is 4.74 Å². The summed E-state index contributed by atoms with van der Waals surface area (Å²) in [5.41, 5.74) is 0.223. The molecular weight excluding hydrogens is 277 g/mol. The summed E-state index contributed by atoms with van der Waals surface area (Å²) in [7, 11) is 0. The van der Waals surface area contributed by atoms with Crippen LogP contribution in [0.15, 0.2) is 36.7 Å². The average Bonchev–Trinajstić information content (AvgIpc) is 2.47. The number of halogens is 1. The summed E-state index contributed by atoms with van der Waals surface area (Å²) in [6.07, 6.45) is 4.94. The number of rotatable bonds is 4. The molecule has 1 N–H and O–H groups in total. The fourth-order valence-corrected chi connectivity index (χ4v) is 1.43. The number of carbonyl (C=O) groups is 1. The number of hydrogen-bond donors (Lipinski definition) is 1. The molecule has 0 amide bonds. The van der Waals surface area contributed by atoms with Gasteiger partial charge in [-0.3, -0.25) is 0 Å². The zero-order chi connectivity index (χ0) is 15.2. The smallest absolute Gasteiger partial charge is 0.328 e. The highest BCUT2D eigenvalue weighted by Crippen LogP contribution is 2.24. The Morgan fingerprint density at radius 1 is 1.38 bits per heavy atom. The molecule has 2 rings (SSSR count). The van der Waals surface area contributed by atoms with Crippen molar-refractivity contribution < 1.29 is 19.0 Å². The molecule has 7 heteroatoms. The molecule has 0 saturated heterocycles. The molecule has 0 aliphatic heterocycles. The van der Waals surface area contributed by atoms with Crippen molar-refractivity contribution in [3.05, 3.63) is 53.6 Å². The van der Waals surface area contributed by atoms with Crippen LogP contribution in [0.2, 0.25) is 0 Å². The van der Waals surface area contributed by atoms with E-state index in [2.05, 4.69) is 9.97 Å². The van der Waals surface area contributed by atoms with Crippen molar-refractivity contribution in [2.75, 3.05) is 0 Å². The highest BCUT2D eigenvalue weighted by Gasteiger charge is 2.10. The third-order valence-electron chi connectivity index (χ3n) is 2.35. The maximum absolute atomic E-state index is 13.4. The fourth-order valence-electron chi connectivity index (χ4n) is 1.43. The lowest BCUT2D eigenvalue weighted by Gasteiger charge is -2.05. The molecule has 0 aliphatic carbocycles. The zero-order valence-corrected chi connectivity index (χ0v) is 10.5. The van der Waals surface area contributed by atoms with Crippen molar-refractivity contribution in [2.24, 2.45) is 0 Å². The molecule has 1 heterocycles. The predicted octanol–water partition coefficient (Wildman–Crippen LogP) is 2.38. The van der Waals surface area contributed by atoms with Crippen molar-refractivity contribution in [3.63, 3.8) is 0 Å². The Labute approximate surface area is 118 Å². The van der Waals surface area contributed by atoms with E-state index in [0.717, 1.165) is 12.1 Å². The van der Waals surface area contributed by atoms with Gasteiger partial charge in [0.15, 0.2) is 5.75 Å². The monoisotopic (exact) mass is 285 g/mol. The molecule has 0 saturated carbocycles. The van der Waals surface area contributed by atoms with Gasteiger partial charge in [-0.1, -0.05) is 6.07 Å². The van der Waals surface area contributed by atoms with Crippen LogP contribution in [0.1, 0.15) is 11.1 Å². The van der Waals surface area contributed by atoms with Gasteiger partial charge in [0, 0.05) is 24.0 Å². The van der Waals surface area contributed by atoms with Gasteiger partial charge < -0.3 is 9.84 Å². The largest absolute Gasteiger partial charge is 0.478 e. The van der Waals surface area contributed by atoms with Crippen LogP contribution in [0.5, 0.6) is 11.8 Å². The first-order chi connectivity index (χ1) is 10.1. The standard InChI is InChI=1S/C14H8FN3O3/c15-11-2-1-3-12(10(11)6-16)21-14-17-7-9(8-18-14)4-5-13(19)20/h1-5,7-8H,(H,19,20)/b5-4+. The third-order valence-corrected chi connectivity index (χ3v) is 2.35. The molecule has 0 radical (unpaired) electrons. The number of ether oxygens (including phenoxy) is 1. The number of hydrogen-bond acceptors (Lipinski definition) is 5. The number of nitriles is 1. The Hall–Kier alpha value is -3.27. The molecule has 0 spiro atoms. The van der Waals surface area contributed by atoms with Gasteiger partial charge in [0.1, 0.15) is 17.4 Å². The molecule has 2 aromatic rings. The number of benzene rings is 1. The van der Waals surface area contributed by atoms with E-state index in [1.54, 1.807) is 6.07 Å². The van der Waals surface area contributed by atoms with Gasteiger partial charge in [-0.15, -0.1) is 0 Å². The molecular formula is C14H8FN3O3. The first kappa shape index (κ1) is 14.1. The van der Waals surface area contributed by atoms with Gasteiger partial charge in [-0.2, -0.15) is 5.26 Å². The SMILES string of the molecule is N#Cc1c(F)cccc1Oc1ncc(/C=C/C(=O)O)cn1. The van der Waals surface area contributed by atoms with Crippen molar-refractivity contribution in [1.82, 2.24) is 9.97 Å². The lowest BCUT2D eigenvalue weighted by atomic mass is 10.2. The Bertz CT molecular complexity index is 736. The van der Waals surface area contributed by atoms with Crippen LogP contribution >= 0.6 is 0 Å². The number of aromatic nitrogens is 2. The number of carboxylic acids is 1. The minimum absolute atomic E-state index is 0.00586. The van der Waals surface area contributed by atoms with Crippen LogP contribution in [-0.2, 0) is 4.79 Å². The highest BCUT2D eigenvalue weighted by atomic mass is 19.1. The van der Waals surface area contributed by atoms with E-state index in [1.165, 1.54) is 30.6 Å². The molecule has 1 aromatic carbocycles. The summed E-state index contributed by atoms with van der Waals surface area (Å²) < 4.78 is 18.6. The normalized spacial score (nSPS) is 10.3. The second-order valence-electron chi connectivity index (χ2n) is 3.80. The van der Waals surface area contributed by atoms with E-state index < -0.39 is 11.8 Å². The summed E-state index contributed by atoms with van der Waals surface area (Å²) in [4.78, 5) is 18.1. The third kappa shape index (κ3) is 3.61. The number of nitrogens with zero attached hydrogens (tertiary/aromatic N) is 3. The summed E-state index contributed by atoms with van der Waals surface area (Å²) in [6, 6.07) is 5.58. The quantitative estimate of drug-likeness (QED) is 0.866. The molecule has 0 fully saturated rings. The first-order valence-electron chi connectivity index (χ1n) is 5.69. The summed E-state index contributed by atoms with van der Waals surface area (Å²) >= 11 is 0. The van der Waals surface area contributed by atoms with Gasteiger partial charge in [-0.05, 0) is 18.2 Å². The van der Waals surface area contributed by atoms with E-state index in [9.17, 15) is 9.18 Å². The van der Waals surface area contributed by atoms with Crippen LogP contribution in [0.25, 0.3) is 6.08 Å². The summed E-state index contributed by atoms with van der Waals surface area (Å²) in [6.45, 7) is 0. The average molecular weight is 285 g/mol. The Morgan fingerprint density at radius 2 is 2.10 bits per heavy atom. The Kier molecular flexibility index (Phi) is 4.21. The van der Waals surface area contributed by atoms with Crippen LogP contribution in [0, 0.1) is 17.1 Å². The zero-order valence-electron chi connectivity index (χ0n) is 10.5. The fraction of sp³-hybridized carbons (Fsp3) is 0. The van der Waals surface area contributed by atoms with Crippen molar-refractivity contribution in [1.29, 1.82) is 5.26 Å². The summed E-state index contributed by atoms with van der Waals surface area (Å²) in [5, 5.41) is 17.4. The molecule has 0 bridgehead atoms. The van der Waals surface area contributed by atoms with Gasteiger partial charge >= 0.3 is 12.0 Å². The topological polar surface area (TPSA) is 96.1 Å². The molecule has 0 aliphatic rings. The van der Waals surface area contributed by atoms with Gasteiger partial charge in [0.05, 0.1) is 0 Å². The van der Waals surface area contributed by atoms with Gasteiger partial charge in [0.25, 0.3) is 0 Å². The lowest BCUT2D eigenvalue weighted by molar-refractivity contribution is -0.131. The molecule has 1 aromatic heterocycles. The van der Waals surface area contributed by atoms with E-state index in [0.29, 0.717) is 5.56 Å². The van der Waals surface area contributed by atoms with Crippen molar-refractivity contribution in [3.8, 4) is 17.8 Å². The van der Waals surface area contributed by atoms with Crippen molar-refractivity contribution >= 4 is 12.0 Å². The predicted molar refractivity (Wildman–Crippen MR) is 69.9 cm³/mol. The van der Waals surface area contributed by atoms with Gasteiger partial charge in [-0.25, -0.2) is 19.2 Å². The number of carboxylic acid groups (broad SMARTS) is 1. The second-order valence-corrected chi connectivity index (χ2v) is 3.80. The van der Waals surface area contributed by atoms with E-state index in [-0.39, 0.29) is 17.3 Å². The molecule has 21 heavy (non-hydrogen) atoms. The van der Waals surface area contributed by atoms with Crippen molar-refractivity contribution in [2.45, 2.75) is 0 Å². The maximum Gasteiger partial charge on any atom is 0.328 e. The van der Waals surface area contributed by atoms with Crippen LogP contribution in [0.3, 0.4) is 0 Å². The minimum Gasteiger partial charge on any atom is -0.478 e. The molecule has 104 valence electrons. The number of aliphatic carboxylic acids is 1. The lowest BCUT2D eigenvalue weighted by Crippen LogP contribution is -1.96. The highest BCUT2D eigenvalue weighted by molar-refractivity contribution is 5.85. The molecule has 0 unspecified atom stereocenters. The first-order valence-corrected chi connectivity index (χ1v) is 5.69. The minimum atomic E-state index is -1.09. The maximum atomic E-state index is 13.4. The van der Waals surface area contributed by atoms with Crippen LogP contribution in [-0.4, -0.2) is 21.0 Å². The Morgan fingerprint density at radius 3 is 2.71 bits per heavy atom. The molecule has 0 atom stereocenters. The Balaban J connectivity index is 2.20. The van der Waals surface area contributed by atoms with E-state index >= 15 is 0 Å².